The summed E-state index contributed by atoms with van der Waals surface area (Å²) in [6.45, 7) is 0. The van der Waals surface area contributed by atoms with Crippen LogP contribution in [0, 0.1) is 0 Å². The largest absolute Gasteiger partial charge is 0.321 e. The first kappa shape index (κ1) is 33.3. The van der Waals surface area contributed by atoms with Crippen LogP contribution in [0.5, 0.6) is 0 Å². The van der Waals surface area contributed by atoms with Crippen molar-refractivity contribution in [3.05, 3.63) is 206 Å². The van der Waals surface area contributed by atoms with Crippen LogP contribution < -0.4 is 5.32 Å². The highest BCUT2D eigenvalue weighted by molar-refractivity contribution is 6.08. The fourth-order valence-electron chi connectivity index (χ4n) is 7.01. The van der Waals surface area contributed by atoms with Gasteiger partial charge in [0.15, 0.2) is 17.5 Å². The Hall–Kier alpha value is -7.50. The van der Waals surface area contributed by atoms with E-state index in [2.05, 4.69) is 96.3 Å². The van der Waals surface area contributed by atoms with E-state index in [9.17, 15) is 4.79 Å². The van der Waals surface area contributed by atoms with Gasteiger partial charge in [0.2, 0.25) is 0 Å². The quantitative estimate of drug-likeness (QED) is 0.171. The summed E-state index contributed by atoms with van der Waals surface area (Å²) in [5, 5.41) is 5.62. The van der Waals surface area contributed by atoms with Gasteiger partial charge < -0.3 is 5.32 Å². The lowest BCUT2D eigenvalue weighted by atomic mass is 9.89. The van der Waals surface area contributed by atoms with E-state index in [-0.39, 0.29) is 5.91 Å². The molecule has 260 valence electrons. The van der Waals surface area contributed by atoms with E-state index in [0.717, 1.165) is 55.8 Å². The van der Waals surface area contributed by atoms with Crippen LogP contribution in [-0.2, 0) is 0 Å². The second-order valence-electron chi connectivity index (χ2n) is 13.3. The van der Waals surface area contributed by atoms with Gasteiger partial charge in [0, 0.05) is 33.5 Å². The zero-order chi connectivity index (χ0) is 37.0. The van der Waals surface area contributed by atoms with Crippen LogP contribution in [-0.4, -0.2) is 20.9 Å². The lowest BCUT2D eigenvalue weighted by molar-refractivity contribution is 0.102. The minimum absolute atomic E-state index is 0.171. The number of amides is 1. The van der Waals surface area contributed by atoms with Crippen LogP contribution in [0.1, 0.15) is 10.4 Å². The Morgan fingerprint density at radius 3 is 1.45 bits per heavy atom. The summed E-state index contributed by atoms with van der Waals surface area (Å²) < 4.78 is 0. The summed E-state index contributed by atoms with van der Waals surface area (Å²) >= 11 is 0. The number of benzene rings is 8. The molecular formula is C50H34N4O. The number of fused-ring (bicyclic) bond motifs is 1. The predicted octanol–water partition coefficient (Wildman–Crippen LogP) is 12.3. The van der Waals surface area contributed by atoms with Gasteiger partial charge in [0.1, 0.15) is 0 Å². The predicted molar refractivity (Wildman–Crippen MR) is 224 cm³/mol. The monoisotopic (exact) mass is 706 g/mol. The van der Waals surface area contributed by atoms with Gasteiger partial charge in [-0.15, -0.1) is 0 Å². The highest BCUT2D eigenvalue weighted by atomic mass is 16.1. The SMILES string of the molecule is O=C(Nc1cc(-c2ccc(-c3nc(-c4ccccc4)nc(-c4ccccc4)n3)cc2)ccc1-c1ccccc1-c1cccc2ccccc12)c1ccccc1. The van der Waals surface area contributed by atoms with Crippen LogP contribution >= 0.6 is 0 Å². The number of rotatable bonds is 8. The van der Waals surface area contributed by atoms with Crippen molar-refractivity contribution in [3.8, 4) is 67.5 Å². The van der Waals surface area contributed by atoms with E-state index in [0.29, 0.717) is 23.0 Å². The fraction of sp³-hybridized carbons (Fsp3) is 0. The zero-order valence-electron chi connectivity index (χ0n) is 29.8. The lowest BCUT2D eigenvalue weighted by Gasteiger charge is -2.18. The summed E-state index contributed by atoms with van der Waals surface area (Å²) in [6.07, 6.45) is 0. The number of nitrogens with zero attached hydrogens (tertiary/aromatic N) is 3. The van der Waals surface area contributed by atoms with Crippen molar-refractivity contribution in [2.24, 2.45) is 0 Å². The molecule has 0 bridgehead atoms. The Labute approximate surface area is 319 Å². The summed E-state index contributed by atoms with van der Waals surface area (Å²) in [4.78, 5) is 28.4. The first-order chi connectivity index (χ1) is 27.2. The van der Waals surface area contributed by atoms with Crippen LogP contribution in [0.2, 0.25) is 0 Å². The minimum Gasteiger partial charge on any atom is -0.321 e. The second kappa shape index (κ2) is 14.9. The van der Waals surface area contributed by atoms with Crippen molar-refractivity contribution in [1.82, 2.24) is 15.0 Å². The number of carbonyl (C=O) groups is 1. The molecule has 5 heteroatoms. The normalized spacial score (nSPS) is 11.0. The average molecular weight is 707 g/mol. The topological polar surface area (TPSA) is 67.8 Å². The average Bonchev–Trinajstić information content (AvgIpc) is 3.27. The fourth-order valence-corrected chi connectivity index (χ4v) is 7.01. The highest BCUT2D eigenvalue weighted by Crippen LogP contribution is 2.41. The molecule has 9 rings (SSSR count). The third-order valence-corrected chi connectivity index (χ3v) is 9.78. The maximum absolute atomic E-state index is 13.7. The molecule has 1 amide bonds. The Morgan fingerprint density at radius 2 is 0.818 bits per heavy atom. The van der Waals surface area contributed by atoms with Crippen molar-refractivity contribution in [3.63, 3.8) is 0 Å². The van der Waals surface area contributed by atoms with Crippen LogP contribution in [0.4, 0.5) is 5.69 Å². The van der Waals surface area contributed by atoms with Crippen molar-refractivity contribution in [1.29, 1.82) is 0 Å². The molecule has 0 spiro atoms. The molecule has 0 aliphatic heterocycles. The lowest BCUT2D eigenvalue weighted by Crippen LogP contribution is -2.12. The van der Waals surface area contributed by atoms with Gasteiger partial charge in [-0.2, -0.15) is 0 Å². The number of carbonyl (C=O) groups excluding carboxylic acids is 1. The van der Waals surface area contributed by atoms with E-state index in [1.807, 2.05) is 109 Å². The van der Waals surface area contributed by atoms with Crippen molar-refractivity contribution < 1.29 is 4.79 Å². The molecule has 1 N–H and O–H groups in total. The molecule has 0 saturated heterocycles. The maximum Gasteiger partial charge on any atom is 0.255 e. The first-order valence-corrected chi connectivity index (χ1v) is 18.2. The standard InChI is InChI=1S/C50H34N4O/c55-50(39-20-8-3-9-21-39)51-46-33-40(31-32-45(46)44-25-13-12-24-43(44)42-26-14-22-35-15-10-11-23-41(35)42)34-27-29-38(30-28-34)49-53-47(36-16-4-1-5-17-36)52-48(54-49)37-18-6-2-7-19-37/h1-33H,(H,51,55). The first-order valence-electron chi connectivity index (χ1n) is 18.2. The summed E-state index contributed by atoms with van der Waals surface area (Å²) in [7, 11) is 0. The van der Waals surface area contributed by atoms with Gasteiger partial charge in [0.05, 0.1) is 0 Å². The van der Waals surface area contributed by atoms with E-state index in [4.69, 9.17) is 15.0 Å². The molecule has 0 aliphatic rings. The molecule has 0 atom stereocenters. The summed E-state index contributed by atoms with van der Waals surface area (Å²) in [5.41, 5.74) is 10.2. The van der Waals surface area contributed by atoms with Crippen molar-refractivity contribution in [2.45, 2.75) is 0 Å². The smallest absolute Gasteiger partial charge is 0.255 e. The maximum atomic E-state index is 13.7. The zero-order valence-corrected chi connectivity index (χ0v) is 29.8. The molecule has 0 unspecified atom stereocenters. The molecule has 55 heavy (non-hydrogen) atoms. The number of hydrogen-bond acceptors (Lipinski definition) is 4. The molecular weight excluding hydrogens is 673 g/mol. The third kappa shape index (κ3) is 6.90. The molecule has 8 aromatic carbocycles. The van der Waals surface area contributed by atoms with Crippen LogP contribution in [0.15, 0.2) is 200 Å². The molecule has 1 aromatic heterocycles. The van der Waals surface area contributed by atoms with Gasteiger partial charge in [0.25, 0.3) is 5.91 Å². The van der Waals surface area contributed by atoms with E-state index >= 15 is 0 Å². The Morgan fingerprint density at radius 1 is 0.364 bits per heavy atom. The third-order valence-electron chi connectivity index (χ3n) is 9.78. The van der Waals surface area contributed by atoms with Gasteiger partial charge in [-0.3, -0.25) is 4.79 Å². The Bertz CT molecular complexity index is 2720. The summed E-state index contributed by atoms with van der Waals surface area (Å²) in [5.74, 6) is 1.66. The molecule has 9 aromatic rings. The molecule has 1 heterocycles. The summed E-state index contributed by atoms with van der Waals surface area (Å²) in [6, 6.07) is 67.0. The number of nitrogens with one attached hydrogen (secondary N) is 1. The van der Waals surface area contributed by atoms with Crippen molar-refractivity contribution in [2.75, 3.05) is 5.32 Å². The van der Waals surface area contributed by atoms with Gasteiger partial charge in [-0.1, -0.05) is 182 Å². The van der Waals surface area contributed by atoms with Crippen LogP contribution in [0.25, 0.3) is 78.3 Å². The number of aromatic nitrogens is 3. The second-order valence-corrected chi connectivity index (χ2v) is 13.3. The number of hydrogen-bond donors (Lipinski definition) is 1. The minimum atomic E-state index is -0.171. The van der Waals surface area contributed by atoms with Gasteiger partial charge >= 0.3 is 0 Å². The van der Waals surface area contributed by atoms with E-state index in [1.165, 1.54) is 10.8 Å². The Kier molecular flexibility index (Phi) is 9.01. The molecule has 0 aliphatic carbocycles. The van der Waals surface area contributed by atoms with Gasteiger partial charge in [-0.25, -0.2) is 15.0 Å². The Balaban J connectivity index is 1.12. The highest BCUT2D eigenvalue weighted by Gasteiger charge is 2.17. The molecule has 0 saturated carbocycles. The molecule has 0 fully saturated rings. The van der Waals surface area contributed by atoms with Gasteiger partial charge in [-0.05, 0) is 56.8 Å². The molecule has 5 nitrogen and oxygen atoms in total. The van der Waals surface area contributed by atoms with E-state index in [1.54, 1.807) is 0 Å². The molecule has 0 radical (unpaired) electrons. The number of anilines is 1. The van der Waals surface area contributed by atoms with Crippen LogP contribution in [0.3, 0.4) is 0 Å². The van der Waals surface area contributed by atoms with Crippen molar-refractivity contribution >= 4 is 22.4 Å². The van der Waals surface area contributed by atoms with E-state index < -0.39 is 0 Å².